The van der Waals surface area contributed by atoms with Gasteiger partial charge in [0.05, 0.1) is 12.7 Å². The van der Waals surface area contributed by atoms with E-state index < -0.39 is 5.97 Å². The molecule has 0 amide bonds. The van der Waals surface area contributed by atoms with Gasteiger partial charge in [0.2, 0.25) is 0 Å². The number of benzene rings is 1. The van der Waals surface area contributed by atoms with E-state index >= 15 is 0 Å². The molecular weight excluding hydrogens is 240 g/mol. The number of esters is 1. The zero-order valence-electron chi connectivity index (χ0n) is 9.34. The third kappa shape index (κ3) is 2.79. The van der Waals surface area contributed by atoms with Crippen LogP contribution in [-0.2, 0) is 4.74 Å². The van der Waals surface area contributed by atoms with E-state index in [1.807, 2.05) is 0 Å². The summed E-state index contributed by atoms with van der Waals surface area (Å²) in [7, 11) is 1.34. The number of carbonyl (C=O) groups excluding carboxylic acids is 1. The molecule has 0 fully saturated rings. The van der Waals surface area contributed by atoms with Gasteiger partial charge in [-0.05, 0) is 25.1 Å². The molecule has 0 atom stereocenters. The van der Waals surface area contributed by atoms with Gasteiger partial charge < -0.3 is 9.47 Å². The molecule has 17 heavy (non-hydrogen) atoms. The van der Waals surface area contributed by atoms with E-state index in [1.165, 1.54) is 7.11 Å². The van der Waals surface area contributed by atoms with Gasteiger partial charge in [0.1, 0.15) is 11.6 Å². The zero-order chi connectivity index (χ0) is 12.3. The maximum Gasteiger partial charge on any atom is 0.337 e. The molecule has 0 aliphatic carbocycles. The molecule has 0 N–H and O–H groups in total. The Kier molecular flexibility index (Phi) is 3.34. The standard InChI is InChI=1S/C11H10N2O3S/c1-7-12-11(17-13-7)16-9-5-3-4-8(6-9)10(14)15-2/h3-6H,1-2H3. The van der Waals surface area contributed by atoms with Crippen molar-refractivity contribution in [2.24, 2.45) is 0 Å². The topological polar surface area (TPSA) is 61.3 Å². The predicted octanol–water partition coefficient (Wildman–Crippen LogP) is 2.43. The molecule has 0 saturated carbocycles. The monoisotopic (exact) mass is 250 g/mol. The molecule has 2 aromatic rings. The SMILES string of the molecule is COC(=O)c1cccc(Oc2nc(C)ns2)c1. The Balaban J connectivity index is 2.19. The average molecular weight is 250 g/mol. The maximum atomic E-state index is 11.3. The Hall–Kier alpha value is -1.95. The Morgan fingerprint density at radius 1 is 1.41 bits per heavy atom. The van der Waals surface area contributed by atoms with Crippen LogP contribution in [0.5, 0.6) is 10.9 Å². The van der Waals surface area contributed by atoms with Crippen molar-refractivity contribution in [2.75, 3.05) is 7.11 Å². The highest BCUT2D eigenvalue weighted by atomic mass is 32.1. The van der Waals surface area contributed by atoms with Crippen molar-refractivity contribution in [1.29, 1.82) is 0 Å². The molecule has 0 saturated heterocycles. The normalized spacial score (nSPS) is 10.0. The molecule has 0 spiro atoms. The van der Waals surface area contributed by atoms with Crippen molar-refractivity contribution >= 4 is 17.5 Å². The van der Waals surface area contributed by atoms with Crippen LogP contribution in [0, 0.1) is 6.92 Å². The molecular formula is C11H10N2O3S. The number of hydrogen-bond acceptors (Lipinski definition) is 6. The van der Waals surface area contributed by atoms with Crippen LogP contribution in [-0.4, -0.2) is 22.4 Å². The van der Waals surface area contributed by atoms with Crippen LogP contribution in [0.4, 0.5) is 0 Å². The summed E-state index contributed by atoms with van der Waals surface area (Å²) in [6.07, 6.45) is 0. The summed E-state index contributed by atoms with van der Waals surface area (Å²) in [5.74, 6) is 0.794. The highest BCUT2D eigenvalue weighted by Gasteiger charge is 2.08. The highest BCUT2D eigenvalue weighted by Crippen LogP contribution is 2.23. The third-order valence-corrected chi connectivity index (χ3v) is 2.66. The highest BCUT2D eigenvalue weighted by molar-refractivity contribution is 7.07. The first-order chi connectivity index (χ1) is 8.19. The van der Waals surface area contributed by atoms with Gasteiger partial charge in [0.15, 0.2) is 0 Å². The minimum atomic E-state index is -0.399. The molecule has 1 heterocycles. The summed E-state index contributed by atoms with van der Waals surface area (Å²) in [5, 5.41) is 0.449. The van der Waals surface area contributed by atoms with Crippen LogP contribution in [0.15, 0.2) is 24.3 Å². The van der Waals surface area contributed by atoms with Crippen LogP contribution in [0.3, 0.4) is 0 Å². The Bertz CT molecular complexity index is 539. The number of rotatable bonds is 3. The fourth-order valence-electron chi connectivity index (χ4n) is 1.22. The van der Waals surface area contributed by atoms with Crippen molar-refractivity contribution in [3.05, 3.63) is 35.7 Å². The quantitative estimate of drug-likeness (QED) is 0.783. The lowest BCUT2D eigenvalue weighted by molar-refractivity contribution is 0.0600. The summed E-state index contributed by atoms with van der Waals surface area (Å²) in [4.78, 5) is 15.4. The molecule has 88 valence electrons. The van der Waals surface area contributed by atoms with Crippen molar-refractivity contribution in [2.45, 2.75) is 6.92 Å². The van der Waals surface area contributed by atoms with E-state index in [9.17, 15) is 4.79 Å². The van der Waals surface area contributed by atoms with Gasteiger partial charge in [-0.1, -0.05) is 6.07 Å². The minimum Gasteiger partial charge on any atom is -0.465 e. The van der Waals surface area contributed by atoms with E-state index in [-0.39, 0.29) is 0 Å². The number of nitrogens with zero attached hydrogens (tertiary/aromatic N) is 2. The second-order valence-electron chi connectivity index (χ2n) is 3.23. The lowest BCUT2D eigenvalue weighted by atomic mass is 10.2. The Labute approximate surface area is 102 Å². The summed E-state index contributed by atoms with van der Waals surface area (Å²) in [5.41, 5.74) is 0.436. The summed E-state index contributed by atoms with van der Waals surface area (Å²) in [6.45, 7) is 1.79. The molecule has 5 nitrogen and oxygen atoms in total. The molecule has 0 aliphatic heterocycles. The van der Waals surface area contributed by atoms with Gasteiger partial charge in [-0.3, -0.25) is 0 Å². The van der Waals surface area contributed by atoms with Crippen LogP contribution < -0.4 is 4.74 Å². The minimum absolute atomic E-state index is 0.399. The van der Waals surface area contributed by atoms with E-state index in [2.05, 4.69) is 14.1 Å². The molecule has 1 aromatic carbocycles. The first-order valence-electron chi connectivity index (χ1n) is 4.85. The summed E-state index contributed by atoms with van der Waals surface area (Å²) in [6, 6.07) is 6.71. The van der Waals surface area contributed by atoms with Gasteiger partial charge in [0.25, 0.3) is 5.19 Å². The largest absolute Gasteiger partial charge is 0.465 e. The second kappa shape index (κ2) is 4.92. The van der Waals surface area contributed by atoms with Crippen molar-refractivity contribution in [3.63, 3.8) is 0 Å². The number of methoxy groups -OCH3 is 1. The number of carbonyl (C=O) groups is 1. The van der Waals surface area contributed by atoms with Crippen LogP contribution in [0.25, 0.3) is 0 Å². The third-order valence-electron chi connectivity index (χ3n) is 1.97. The van der Waals surface area contributed by atoms with Gasteiger partial charge in [-0.25, -0.2) is 4.79 Å². The van der Waals surface area contributed by atoms with Gasteiger partial charge in [-0.2, -0.15) is 9.36 Å². The van der Waals surface area contributed by atoms with Gasteiger partial charge in [-0.15, -0.1) is 0 Å². The lowest BCUT2D eigenvalue weighted by Crippen LogP contribution is -2.00. The molecule has 0 bridgehead atoms. The number of hydrogen-bond donors (Lipinski definition) is 0. The number of aromatic nitrogens is 2. The molecule has 6 heteroatoms. The van der Waals surface area contributed by atoms with Crippen molar-refractivity contribution in [3.8, 4) is 10.9 Å². The predicted molar refractivity (Wildman–Crippen MR) is 62.5 cm³/mol. The Morgan fingerprint density at radius 3 is 2.88 bits per heavy atom. The number of aryl methyl sites for hydroxylation is 1. The van der Waals surface area contributed by atoms with Crippen molar-refractivity contribution in [1.82, 2.24) is 9.36 Å². The van der Waals surface area contributed by atoms with Crippen LogP contribution in [0.2, 0.25) is 0 Å². The number of ether oxygens (including phenoxy) is 2. The summed E-state index contributed by atoms with van der Waals surface area (Å²) >= 11 is 1.16. The smallest absolute Gasteiger partial charge is 0.337 e. The molecule has 0 aliphatic rings. The van der Waals surface area contributed by atoms with Crippen LogP contribution in [0.1, 0.15) is 16.2 Å². The van der Waals surface area contributed by atoms with Gasteiger partial charge >= 0.3 is 5.97 Å². The van der Waals surface area contributed by atoms with Gasteiger partial charge in [0, 0.05) is 11.5 Å². The first-order valence-corrected chi connectivity index (χ1v) is 5.63. The van der Waals surface area contributed by atoms with E-state index in [4.69, 9.17) is 4.74 Å². The lowest BCUT2D eigenvalue weighted by Gasteiger charge is -2.03. The second-order valence-corrected chi connectivity index (χ2v) is 3.94. The molecule has 2 rings (SSSR count). The first kappa shape index (κ1) is 11.5. The van der Waals surface area contributed by atoms with E-state index in [1.54, 1.807) is 31.2 Å². The summed E-state index contributed by atoms with van der Waals surface area (Å²) < 4.78 is 14.1. The van der Waals surface area contributed by atoms with Crippen molar-refractivity contribution < 1.29 is 14.3 Å². The molecule has 0 unspecified atom stereocenters. The van der Waals surface area contributed by atoms with E-state index in [0.29, 0.717) is 22.3 Å². The zero-order valence-corrected chi connectivity index (χ0v) is 10.2. The average Bonchev–Trinajstić information content (AvgIpc) is 2.74. The molecule has 1 aromatic heterocycles. The van der Waals surface area contributed by atoms with Crippen LogP contribution >= 0.6 is 11.5 Å². The van der Waals surface area contributed by atoms with E-state index in [0.717, 1.165) is 11.5 Å². The fraction of sp³-hybridized carbons (Fsp3) is 0.182. The molecule has 0 radical (unpaired) electrons. The Morgan fingerprint density at radius 2 is 2.24 bits per heavy atom. The maximum absolute atomic E-state index is 11.3. The fourth-order valence-corrected chi connectivity index (χ4v) is 1.78.